The first-order valence-corrected chi connectivity index (χ1v) is 13.2. The molecule has 4 N–H and O–H groups in total. The lowest BCUT2D eigenvalue weighted by atomic mass is 9.81. The van der Waals surface area contributed by atoms with Crippen LogP contribution in [0.15, 0.2) is 18.2 Å². The van der Waals surface area contributed by atoms with Gasteiger partial charge in [0, 0.05) is 30.1 Å². The van der Waals surface area contributed by atoms with Gasteiger partial charge in [-0.3, -0.25) is 9.59 Å². The summed E-state index contributed by atoms with van der Waals surface area (Å²) in [6.07, 6.45) is -1.83. The average Bonchev–Trinajstić information content (AvgIpc) is 2.72. The number of sulfone groups is 1. The lowest BCUT2D eigenvalue weighted by Gasteiger charge is -2.41. The molecule has 1 aliphatic rings. The number of hydrogen-bond acceptors (Lipinski definition) is 7. The molecule has 0 radical (unpaired) electrons. The van der Waals surface area contributed by atoms with Gasteiger partial charge in [0.1, 0.15) is 15.6 Å². The Morgan fingerprint density at radius 1 is 1.26 bits per heavy atom. The zero-order chi connectivity index (χ0) is 26.6. The second kappa shape index (κ2) is 11.5. The predicted octanol–water partition coefficient (Wildman–Crippen LogP) is 1.94. The zero-order valence-electron chi connectivity index (χ0n) is 20.2. The van der Waals surface area contributed by atoms with E-state index in [1.54, 1.807) is 0 Å². The molecule has 0 unspecified atom stereocenters. The molecule has 1 aliphatic carbocycles. The number of carbonyl (C=O) groups excluding carboxylic acids is 2. The van der Waals surface area contributed by atoms with Gasteiger partial charge in [0.25, 0.3) is 5.91 Å². The summed E-state index contributed by atoms with van der Waals surface area (Å²) in [6, 6.07) is 2.99. The summed E-state index contributed by atoms with van der Waals surface area (Å²) in [4.78, 5) is 27.1. The Balaban J connectivity index is 2.01. The van der Waals surface area contributed by atoms with Crippen LogP contribution in [0.25, 0.3) is 0 Å². The Morgan fingerprint density at radius 2 is 1.91 bits per heavy atom. The quantitative estimate of drug-likeness (QED) is 0.423. The molecule has 0 heterocycles. The smallest absolute Gasteiger partial charge is 0.406 e. The molecule has 198 valence electrons. The molecule has 0 aromatic heterocycles. The number of nitrogen functional groups attached to an aromatic ring is 1. The van der Waals surface area contributed by atoms with Crippen molar-refractivity contribution in [2.24, 2.45) is 5.92 Å². The second-order valence-electron chi connectivity index (χ2n) is 9.23. The maximum Gasteiger partial charge on any atom is 0.573 e. The number of halogens is 3. The number of hydrogen-bond donors (Lipinski definition) is 3. The van der Waals surface area contributed by atoms with E-state index in [4.69, 9.17) is 5.73 Å². The molecule has 1 aromatic rings. The van der Waals surface area contributed by atoms with Crippen LogP contribution in [0.1, 0.15) is 43.5 Å². The molecule has 9 nitrogen and oxygen atoms in total. The standard InChI is InChI=1S/C22H33F3N4O5S/c1-13(2)29(3)15-5-8-19(14(9-15)12-35(4,32)33)28-20(30)11-27-21(31)17-10-16(6-7-18(17)26)34-22(23,24)25/h6-7,10,13-15,19H,5,8-9,11-12,26H2,1-4H3,(H,27,31)(H,28,30)/t14-,15+,19-/m0/s1. The number of nitrogens with one attached hydrogen (secondary N) is 2. The first-order chi connectivity index (χ1) is 16.1. The normalized spacial score (nSPS) is 21.1. The van der Waals surface area contributed by atoms with Crippen LogP contribution in [0.2, 0.25) is 0 Å². The number of amides is 2. The van der Waals surface area contributed by atoms with Crippen LogP contribution in [0.3, 0.4) is 0 Å². The fraction of sp³-hybridized carbons (Fsp3) is 0.636. The first kappa shape index (κ1) is 28.7. The van der Waals surface area contributed by atoms with E-state index in [1.165, 1.54) is 0 Å². The SMILES string of the molecule is CC(C)N(C)[C@@H]1CC[C@H](NC(=O)CNC(=O)c2cc(OC(F)(F)F)ccc2N)[C@H](CS(C)(=O)=O)C1. The molecule has 13 heteroatoms. The summed E-state index contributed by atoms with van der Waals surface area (Å²) in [7, 11) is -1.30. The molecule has 1 fully saturated rings. The Hall–Kier alpha value is -2.54. The van der Waals surface area contributed by atoms with Crippen molar-refractivity contribution in [2.75, 3.05) is 31.3 Å². The summed E-state index contributed by atoms with van der Waals surface area (Å²) >= 11 is 0. The molecule has 1 saturated carbocycles. The summed E-state index contributed by atoms with van der Waals surface area (Å²) in [5.41, 5.74) is 5.33. The van der Waals surface area contributed by atoms with Crippen molar-refractivity contribution in [1.29, 1.82) is 0 Å². The highest BCUT2D eigenvalue weighted by molar-refractivity contribution is 7.90. The number of ether oxygens (including phenoxy) is 1. The third-order valence-electron chi connectivity index (χ3n) is 6.12. The van der Waals surface area contributed by atoms with E-state index in [-0.39, 0.29) is 41.0 Å². The van der Waals surface area contributed by atoms with Crippen molar-refractivity contribution < 1.29 is 35.9 Å². The third-order valence-corrected chi connectivity index (χ3v) is 7.15. The minimum absolute atomic E-state index is 0.0741. The van der Waals surface area contributed by atoms with E-state index in [0.29, 0.717) is 12.8 Å². The van der Waals surface area contributed by atoms with Crippen LogP contribution in [-0.2, 0) is 14.6 Å². The minimum Gasteiger partial charge on any atom is -0.406 e. The maximum atomic E-state index is 12.5. The van der Waals surface area contributed by atoms with E-state index < -0.39 is 40.3 Å². The lowest BCUT2D eigenvalue weighted by Crippen LogP contribution is -2.52. The molecule has 0 bridgehead atoms. The average molecular weight is 523 g/mol. The molecule has 0 spiro atoms. The monoisotopic (exact) mass is 522 g/mol. The van der Waals surface area contributed by atoms with Crippen LogP contribution in [-0.4, -0.2) is 75.2 Å². The van der Waals surface area contributed by atoms with Crippen molar-refractivity contribution in [3.63, 3.8) is 0 Å². The summed E-state index contributed by atoms with van der Waals surface area (Å²) in [5, 5.41) is 5.13. The van der Waals surface area contributed by atoms with E-state index in [0.717, 1.165) is 30.9 Å². The van der Waals surface area contributed by atoms with Gasteiger partial charge in [0.15, 0.2) is 0 Å². The number of nitrogens with zero attached hydrogens (tertiary/aromatic N) is 1. The van der Waals surface area contributed by atoms with Crippen LogP contribution < -0.4 is 21.1 Å². The van der Waals surface area contributed by atoms with Crippen molar-refractivity contribution >= 4 is 27.3 Å². The highest BCUT2D eigenvalue weighted by Gasteiger charge is 2.35. The van der Waals surface area contributed by atoms with Crippen LogP contribution in [0, 0.1) is 5.92 Å². The molecule has 0 saturated heterocycles. The zero-order valence-corrected chi connectivity index (χ0v) is 21.0. The first-order valence-electron chi connectivity index (χ1n) is 11.2. The maximum absolute atomic E-state index is 12.5. The minimum atomic E-state index is -4.94. The molecular formula is C22H33F3N4O5S. The highest BCUT2D eigenvalue weighted by atomic mass is 32.2. The van der Waals surface area contributed by atoms with Crippen LogP contribution >= 0.6 is 0 Å². The van der Waals surface area contributed by atoms with Gasteiger partial charge < -0.3 is 26.0 Å². The molecule has 3 atom stereocenters. The summed E-state index contributed by atoms with van der Waals surface area (Å²) in [6.45, 7) is 3.65. The van der Waals surface area contributed by atoms with Crippen molar-refractivity contribution in [2.45, 2.75) is 57.6 Å². The molecule has 0 aliphatic heterocycles. The van der Waals surface area contributed by atoms with Gasteiger partial charge in [-0.05, 0) is 64.3 Å². The Kier molecular flexibility index (Phi) is 9.40. The number of anilines is 1. The number of benzene rings is 1. The molecule has 1 aromatic carbocycles. The van der Waals surface area contributed by atoms with Gasteiger partial charge in [0.2, 0.25) is 5.91 Å². The van der Waals surface area contributed by atoms with Gasteiger partial charge in [-0.15, -0.1) is 13.2 Å². The Morgan fingerprint density at radius 3 is 2.49 bits per heavy atom. The van der Waals surface area contributed by atoms with Crippen molar-refractivity contribution in [3.8, 4) is 5.75 Å². The van der Waals surface area contributed by atoms with Crippen molar-refractivity contribution in [1.82, 2.24) is 15.5 Å². The molecule has 2 amide bonds. The summed E-state index contributed by atoms with van der Waals surface area (Å²) in [5.74, 6) is -2.38. The van der Waals surface area contributed by atoms with Gasteiger partial charge in [-0.25, -0.2) is 8.42 Å². The van der Waals surface area contributed by atoms with Gasteiger partial charge in [-0.1, -0.05) is 0 Å². The third kappa shape index (κ3) is 9.21. The van der Waals surface area contributed by atoms with E-state index in [2.05, 4.69) is 34.1 Å². The van der Waals surface area contributed by atoms with E-state index in [9.17, 15) is 31.2 Å². The van der Waals surface area contributed by atoms with E-state index in [1.807, 2.05) is 7.05 Å². The van der Waals surface area contributed by atoms with Gasteiger partial charge >= 0.3 is 6.36 Å². The number of alkyl halides is 3. The second-order valence-corrected chi connectivity index (χ2v) is 11.4. The van der Waals surface area contributed by atoms with Gasteiger partial charge in [-0.2, -0.15) is 0 Å². The highest BCUT2D eigenvalue weighted by Crippen LogP contribution is 2.30. The fourth-order valence-corrected chi connectivity index (χ4v) is 5.38. The molecule has 2 rings (SSSR count). The fourth-order valence-electron chi connectivity index (χ4n) is 4.24. The Bertz CT molecular complexity index is 1020. The Labute approximate surface area is 203 Å². The van der Waals surface area contributed by atoms with Crippen LogP contribution in [0.5, 0.6) is 5.75 Å². The van der Waals surface area contributed by atoms with Gasteiger partial charge in [0.05, 0.1) is 17.9 Å². The predicted molar refractivity (Wildman–Crippen MR) is 126 cm³/mol. The number of carbonyl (C=O) groups is 2. The summed E-state index contributed by atoms with van der Waals surface area (Å²) < 4.78 is 65.1. The van der Waals surface area contributed by atoms with Crippen LogP contribution in [0.4, 0.5) is 18.9 Å². The van der Waals surface area contributed by atoms with Crippen molar-refractivity contribution in [3.05, 3.63) is 23.8 Å². The topological polar surface area (TPSA) is 131 Å². The largest absolute Gasteiger partial charge is 0.573 e. The number of rotatable bonds is 9. The number of nitrogens with two attached hydrogens (primary N) is 1. The molecule has 35 heavy (non-hydrogen) atoms. The molecular weight excluding hydrogens is 489 g/mol. The van der Waals surface area contributed by atoms with E-state index >= 15 is 0 Å². The lowest BCUT2D eigenvalue weighted by molar-refractivity contribution is -0.274.